The van der Waals surface area contributed by atoms with E-state index in [2.05, 4.69) is 34.0 Å². The molecule has 2 heterocycles. The van der Waals surface area contributed by atoms with Gasteiger partial charge in [-0.2, -0.15) is 4.37 Å². The standard InChI is InChI=1S/C9H5NS2/c1-2-4-7-6(3-1)9-8(12-7)5-11-10-9/h1-5H. The highest BCUT2D eigenvalue weighted by Crippen LogP contribution is 2.33. The molecule has 0 amide bonds. The summed E-state index contributed by atoms with van der Waals surface area (Å²) in [5, 5.41) is 3.40. The summed E-state index contributed by atoms with van der Waals surface area (Å²) in [5.41, 5.74) is 1.17. The normalized spacial score (nSPS) is 11.3. The minimum atomic E-state index is 1.17. The van der Waals surface area contributed by atoms with Crippen LogP contribution in [0.1, 0.15) is 0 Å². The van der Waals surface area contributed by atoms with Gasteiger partial charge in [0, 0.05) is 15.5 Å². The van der Waals surface area contributed by atoms with E-state index in [0.29, 0.717) is 0 Å². The average Bonchev–Trinajstić information content (AvgIpc) is 2.62. The summed E-state index contributed by atoms with van der Waals surface area (Å²) in [6, 6.07) is 8.41. The highest BCUT2D eigenvalue weighted by atomic mass is 32.1. The van der Waals surface area contributed by atoms with Crippen LogP contribution in [0.3, 0.4) is 0 Å². The van der Waals surface area contributed by atoms with Crippen LogP contribution in [0, 0.1) is 0 Å². The first-order valence-corrected chi connectivity index (χ1v) is 5.32. The number of hydrogen-bond acceptors (Lipinski definition) is 3. The summed E-state index contributed by atoms with van der Waals surface area (Å²) < 4.78 is 7.00. The van der Waals surface area contributed by atoms with Gasteiger partial charge in [-0.1, -0.05) is 18.2 Å². The van der Waals surface area contributed by atoms with Gasteiger partial charge in [0.2, 0.25) is 0 Å². The van der Waals surface area contributed by atoms with Gasteiger partial charge >= 0.3 is 0 Å². The first-order chi connectivity index (χ1) is 5.95. The van der Waals surface area contributed by atoms with E-state index in [1.54, 1.807) is 0 Å². The molecule has 58 valence electrons. The Kier molecular flexibility index (Phi) is 1.25. The lowest BCUT2D eigenvalue weighted by atomic mass is 10.2. The largest absolute Gasteiger partial charge is 0.191 e. The van der Waals surface area contributed by atoms with Crippen LogP contribution in [-0.4, -0.2) is 4.37 Å². The van der Waals surface area contributed by atoms with Crippen molar-refractivity contribution in [1.82, 2.24) is 4.37 Å². The van der Waals surface area contributed by atoms with Gasteiger partial charge in [0.15, 0.2) is 0 Å². The molecule has 1 nitrogen and oxygen atoms in total. The van der Waals surface area contributed by atoms with Gasteiger partial charge in [0.25, 0.3) is 0 Å². The van der Waals surface area contributed by atoms with Crippen molar-refractivity contribution in [3.63, 3.8) is 0 Å². The number of aromatic nitrogens is 1. The zero-order valence-corrected chi connectivity index (χ0v) is 7.78. The van der Waals surface area contributed by atoms with Crippen LogP contribution >= 0.6 is 22.9 Å². The molecular formula is C9H5NS2. The summed E-state index contributed by atoms with van der Waals surface area (Å²) in [7, 11) is 0. The second-order valence-electron chi connectivity index (χ2n) is 2.63. The predicted molar refractivity (Wildman–Crippen MR) is 55.0 cm³/mol. The minimum Gasteiger partial charge on any atom is -0.191 e. The maximum Gasteiger partial charge on any atom is 0.103 e. The average molecular weight is 191 g/mol. The van der Waals surface area contributed by atoms with Crippen LogP contribution in [0.5, 0.6) is 0 Å². The molecule has 0 unspecified atom stereocenters. The molecule has 0 fully saturated rings. The summed E-state index contributed by atoms with van der Waals surface area (Å²) in [6.07, 6.45) is 0. The van der Waals surface area contributed by atoms with Crippen molar-refractivity contribution in [2.75, 3.05) is 0 Å². The third-order valence-electron chi connectivity index (χ3n) is 1.90. The number of fused-ring (bicyclic) bond motifs is 3. The highest BCUT2D eigenvalue weighted by molar-refractivity contribution is 7.27. The fourth-order valence-corrected chi connectivity index (χ4v) is 3.20. The van der Waals surface area contributed by atoms with E-state index in [-0.39, 0.29) is 0 Å². The molecule has 0 aliphatic heterocycles. The Labute approximate surface area is 77.4 Å². The number of thiophene rings is 1. The molecule has 1 aromatic carbocycles. The van der Waals surface area contributed by atoms with E-state index in [0.717, 1.165) is 0 Å². The first-order valence-electron chi connectivity index (χ1n) is 3.67. The predicted octanol–water partition coefficient (Wildman–Crippen LogP) is 3.51. The van der Waals surface area contributed by atoms with Crippen LogP contribution in [0.2, 0.25) is 0 Å². The number of hydrogen-bond donors (Lipinski definition) is 0. The van der Waals surface area contributed by atoms with Gasteiger partial charge < -0.3 is 0 Å². The summed E-state index contributed by atoms with van der Waals surface area (Å²) >= 11 is 3.35. The van der Waals surface area contributed by atoms with E-state index in [1.807, 2.05) is 11.3 Å². The molecule has 0 spiro atoms. The maximum atomic E-state index is 4.36. The second-order valence-corrected chi connectivity index (χ2v) is 4.34. The maximum absolute atomic E-state index is 4.36. The van der Waals surface area contributed by atoms with Crippen LogP contribution in [0.15, 0.2) is 29.6 Å². The molecule has 0 aliphatic carbocycles. The van der Waals surface area contributed by atoms with E-state index < -0.39 is 0 Å². The van der Waals surface area contributed by atoms with Crippen LogP contribution < -0.4 is 0 Å². The molecule has 0 saturated carbocycles. The van der Waals surface area contributed by atoms with Gasteiger partial charge in [-0.3, -0.25) is 0 Å². The first kappa shape index (κ1) is 6.57. The Morgan fingerprint density at radius 1 is 1.08 bits per heavy atom. The van der Waals surface area contributed by atoms with Crippen molar-refractivity contribution in [3.8, 4) is 0 Å². The molecule has 0 saturated heterocycles. The lowest BCUT2D eigenvalue weighted by Crippen LogP contribution is -1.61. The molecule has 0 bridgehead atoms. The zero-order chi connectivity index (χ0) is 7.97. The van der Waals surface area contributed by atoms with E-state index in [4.69, 9.17) is 0 Å². The van der Waals surface area contributed by atoms with Crippen molar-refractivity contribution < 1.29 is 0 Å². The smallest absolute Gasteiger partial charge is 0.103 e. The molecule has 0 aliphatic rings. The van der Waals surface area contributed by atoms with Gasteiger partial charge in [-0.05, 0) is 17.6 Å². The molecule has 3 heteroatoms. The minimum absolute atomic E-state index is 1.17. The topological polar surface area (TPSA) is 12.9 Å². The Morgan fingerprint density at radius 3 is 3.00 bits per heavy atom. The summed E-state index contributed by atoms with van der Waals surface area (Å²) in [6.45, 7) is 0. The number of nitrogens with zero attached hydrogens (tertiary/aromatic N) is 1. The number of benzene rings is 1. The van der Waals surface area contributed by atoms with Crippen molar-refractivity contribution >= 4 is 43.2 Å². The van der Waals surface area contributed by atoms with E-state index >= 15 is 0 Å². The van der Waals surface area contributed by atoms with Crippen molar-refractivity contribution in [1.29, 1.82) is 0 Å². The van der Waals surface area contributed by atoms with Crippen LogP contribution in [0.4, 0.5) is 0 Å². The fourth-order valence-electron chi connectivity index (χ4n) is 1.35. The van der Waals surface area contributed by atoms with Crippen molar-refractivity contribution in [2.45, 2.75) is 0 Å². The van der Waals surface area contributed by atoms with Gasteiger partial charge in [-0.15, -0.1) is 11.3 Å². The Morgan fingerprint density at radius 2 is 2.00 bits per heavy atom. The molecule has 0 N–H and O–H groups in total. The Hall–Kier alpha value is -0.930. The lowest BCUT2D eigenvalue weighted by molar-refractivity contribution is 1.72. The van der Waals surface area contributed by atoms with Crippen molar-refractivity contribution in [3.05, 3.63) is 29.6 Å². The molecule has 0 radical (unpaired) electrons. The monoisotopic (exact) mass is 191 g/mol. The number of rotatable bonds is 0. The van der Waals surface area contributed by atoms with Crippen molar-refractivity contribution in [2.24, 2.45) is 0 Å². The zero-order valence-electron chi connectivity index (χ0n) is 6.15. The molecule has 3 aromatic rings. The molecule has 2 aromatic heterocycles. The van der Waals surface area contributed by atoms with Gasteiger partial charge in [0.1, 0.15) is 5.52 Å². The fraction of sp³-hybridized carbons (Fsp3) is 0. The van der Waals surface area contributed by atoms with E-state index in [9.17, 15) is 0 Å². The molecule has 12 heavy (non-hydrogen) atoms. The summed E-state index contributed by atoms with van der Waals surface area (Å²) in [5.74, 6) is 0. The SMILES string of the molecule is c1ccc2c(c1)sc1csnc12. The molecule has 0 atom stereocenters. The quantitative estimate of drug-likeness (QED) is 0.530. The van der Waals surface area contributed by atoms with Gasteiger partial charge in [0.05, 0.1) is 4.70 Å². The Balaban J connectivity index is 2.68. The third-order valence-corrected chi connectivity index (χ3v) is 3.78. The van der Waals surface area contributed by atoms with Gasteiger partial charge in [-0.25, -0.2) is 0 Å². The highest BCUT2D eigenvalue weighted by Gasteiger charge is 2.04. The molecule has 3 rings (SSSR count). The van der Waals surface area contributed by atoms with Crippen LogP contribution in [0.25, 0.3) is 20.3 Å². The lowest BCUT2D eigenvalue weighted by Gasteiger charge is -1.84. The third kappa shape index (κ3) is 0.750. The Bertz CT molecular complexity index is 534. The second kappa shape index (κ2) is 2.28. The van der Waals surface area contributed by atoms with Crippen LogP contribution in [-0.2, 0) is 0 Å². The summed E-state index contributed by atoms with van der Waals surface area (Å²) in [4.78, 5) is 0. The molecular weight excluding hydrogens is 186 g/mol. The van der Waals surface area contributed by atoms with E-state index in [1.165, 1.54) is 31.8 Å².